The number of carbonyl (C=O) groups excluding carboxylic acids is 2. The predicted octanol–water partition coefficient (Wildman–Crippen LogP) is -2.93. The molecule has 0 saturated carbocycles. The second-order valence-corrected chi connectivity index (χ2v) is 7.10. The van der Waals surface area contributed by atoms with E-state index in [-0.39, 0.29) is 0 Å². The minimum Gasteiger partial charge on any atom is -0.394 e. The average Bonchev–Trinajstić information content (AvgIpc) is 2.63. The highest BCUT2D eigenvalue weighted by molar-refractivity contribution is 5.81. The van der Waals surface area contributed by atoms with Gasteiger partial charge in [-0.1, -0.05) is 0 Å². The number of rotatable bonds is 6. The first-order chi connectivity index (χ1) is 13.1. The lowest BCUT2D eigenvalue weighted by atomic mass is 9.92. The fourth-order valence-electron chi connectivity index (χ4n) is 3.58. The largest absolute Gasteiger partial charge is 0.394 e. The molecule has 2 rings (SSSR count). The van der Waals surface area contributed by atoms with E-state index >= 15 is 0 Å². The Kier molecular flexibility index (Phi) is 7.88. The van der Waals surface area contributed by atoms with Gasteiger partial charge in [-0.15, -0.1) is 0 Å². The molecule has 0 radical (unpaired) electrons. The topological polar surface area (TPSA) is 164 Å². The third-order valence-corrected chi connectivity index (χ3v) is 5.03. The van der Waals surface area contributed by atoms with E-state index in [1.165, 1.54) is 21.0 Å². The lowest BCUT2D eigenvalue weighted by molar-refractivity contribution is -0.325. The molecule has 0 aromatic carbocycles. The van der Waals surface area contributed by atoms with E-state index in [0.717, 1.165) is 0 Å². The number of ether oxygens (including phenoxy) is 4. The number of aliphatic hydroxyl groups excluding tert-OH is 4. The summed E-state index contributed by atoms with van der Waals surface area (Å²) in [6, 6.07) is -0.834. The fraction of sp³-hybridized carbons (Fsp3) is 0.882. The summed E-state index contributed by atoms with van der Waals surface area (Å²) in [7, 11) is 1.27. The van der Waals surface area contributed by atoms with Gasteiger partial charge in [-0.3, -0.25) is 9.59 Å². The van der Waals surface area contributed by atoms with Crippen LogP contribution >= 0.6 is 0 Å². The molecule has 0 bridgehead atoms. The molecule has 11 heteroatoms. The number of hydrogen-bond acceptors (Lipinski definition) is 10. The molecule has 2 heterocycles. The first-order valence-corrected chi connectivity index (χ1v) is 9.04. The van der Waals surface area contributed by atoms with E-state index in [9.17, 15) is 30.0 Å². The Hall–Kier alpha value is -1.18. The van der Waals surface area contributed by atoms with Crippen LogP contribution < -0.4 is 5.32 Å². The summed E-state index contributed by atoms with van der Waals surface area (Å²) in [6.07, 6.45) is -11.0. The maximum absolute atomic E-state index is 11.9. The van der Waals surface area contributed by atoms with Crippen LogP contribution in [-0.4, -0.2) is 107 Å². The highest BCUT2D eigenvalue weighted by Crippen LogP contribution is 2.30. The van der Waals surface area contributed by atoms with Crippen molar-refractivity contribution < 1.29 is 49.0 Å². The van der Waals surface area contributed by atoms with E-state index in [0.29, 0.717) is 0 Å². The third kappa shape index (κ3) is 4.69. The molecule has 28 heavy (non-hydrogen) atoms. The first kappa shape index (κ1) is 23.1. The maximum Gasteiger partial charge on any atom is 0.217 e. The number of carbonyl (C=O) groups is 2. The summed E-state index contributed by atoms with van der Waals surface area (Å²) in [4.78, 5) is 23.4. The Morgan fingerprint density at radius 1 is 1.04 bits per heavy atom. The quantitative estimate of drug-likeness (QED) is 0.308. The third-order valence-electron chi connectivity index (χ3n) is 5.03. The van der Waals surface area contributed by atoms with Crippen molar-refractivity contribution in [2.24, 2.45) is 0 Å². The van der Waals surface area contributed by atoms with Crippen molar-refractivity contribution in [3.8, 4) is 0 Å². The standard InChI is InChI=1S/C17H29NO10/c1-6(20)14-16(25-4)12(23)13(24)17(27-14)28-15-10(18-8(3)21)7(2)26-9(5-19)11(15)22/h7,9-17,19,22-24H,5H2,1-4H3,(H,18,21)/t7-,9?,10?,11+,12+,13-,14?,15+,16-,17?/m0/s1. The molecule has 10 atom stereocenters. The number of Topliss-reactive ketones (excluding diaryl/α,β-unsaturated/α-hetero) is 1. The highest BCUT2D eigenvalue weighted by atomic mass is 16.7. The van der Waals surface area contributed by atoms with Gasteiger partial charge in [0.1, 0.15) is 42.7 Å². The molecule has 4 unspecified atom stereocenters. The molecule has 162 valence electrons. The summed E-state index contributed by atoms with van der Waals surface area (Å²) >= 11 is 0. The molecule has 0 spiro atoms. The van der Waals surface area contributed by atoms with Crippen LogP contribution in [0.5, 0.6) is 0 Å². The highest BCUT2D eigenvalue weighted by Gasteiger charge is 2.51. The number of nitrogens with one attached hydrogen (secondary N) is 1. The van der Waals surface area contributed by atoms with E-state index in [2.05, 4.69) is 5.32 Å². The zero-order valence-corrected chi connectivity index (χ0v) is 16.2. The van der Waals surface area contributed by atoms with Crippen molar-refractivity contribution in [2.45, 2.75) is 81.9 Å². The van der Waals surface area contributed by atoms with Gasteiger partial charge in [0, 0.05) is 14.0 Å². The minimum absolute atomic E-state index is 0.407. The lowest BCUT2D eigenvalue weighted by Gasteiger charge is -2.47. The van der Waals surface area contributed by atoms with Gasteiger partial charge in [0.25, 0.3) is 0 Å². The van der Waals surface area contributed by atoms with Gasteiger partial charge in [-0.05, 0) is 13.8 Å². The van der Waals surface area contributed by atoms with Gasteiger partial charge >= 0.3 is 0 Å². The van der Waals surface area contributed by atoms with Crippen LogP contribution in [0.2, 0.25) is 0 Å². The molecule has 0 aromatic heterocycles. The van der Waals surface area contributed by atoms with Gasteiger partial charge in [-0.25, -0.2) is 0 Å². The Morgan fingerprint density at radius 2 is 1.68 bits per heavy atom. The van der Waals surface area contributed by atoms with Crippen molar-refractivity contribution in [2.75, 3.05) is 13.7 Å². The van der Waals surface area contributed by atoms with Crippen molar-refractivity contribution >= 4 is 11.7 Å². The molecule has 2 aliphatic heterocycles. The fourth-order valence-corrected chi connectivity index (χ4v) is 3.58. The van der Waals surface area contributed by atoms with Gasteiger partial charge in [0.2, 0.25) is 5.91 Å². The lowest BCUT2D eigenvalue weighted by Crippen LogP contribution is -2.67. The van der Waals surface area contributed by atoms with Crippen LogP contribution in [0.15, 0.2) is 0 Å². The van der Waals surface area contributed by atoms with Crippen molar-refractivity contribution in [1.29, 1.82) is 0 Å². The van der Waals surface area contributed by atoms with Gasteiger partial charge < -0.3 is 44.7 Å². The summed E-state index contributed by atoms with van der Waals surface area (Å²) in [5.41, 5.74) is 0. The second-order valence-electron chi connectivity index (χ2n) is 7.10. The predicted molar refractivity (Wildman–Crippen MR) is 92.1 cm³/mol. The summed E-state index contributed by atoms with van der Waals surface area (Å²) in [6.45, 7) is 3.64. The average molecular weight is 407 g/mol. The van der Waals surface area contributed by atoms with E-state index < -0.39 is 79.5 Å². The summed E-state index contributed by atoms with van der Waals surface area (Å²) in [5.74, 6) is -0.853. The molecule has 1 amide bonds. The molecular formula is C17H29NO10. The van der Waals surface area contributed by atoms with Gasteiger partial charge in [0.15, 0.2) is 12.1 Å². The molecular weight excluding hydrogens is 378 g/mol. The molecule has 2 fully saturated rings. The number of hydrogen-bond donors (Lipinski definition) is 5. The normalized spacial score (nSPS) is 44.1. The molecule has 0 aliphatic carbocycles. The number of methoxy groups -OCH3 is 1. The van der Waals surface area contributed by atoms with Crippen LogP contribution in [0, 0.1) is 0 Å². The van der Waals surface area contributed by atoms with Crippen LogP contribution in [0.4, 0.5) is 0 Å². The molecule has 2 aliphatic rings. The number of ketones is 1. The van der Waals surface area contributed by atoms with Crippen LogP contribution in [0.1, 0.15) is 20.8 Å². The summed E-state index contributed by atoms with van der Waals surface area (Å²) in [5, 5.41) is 43.2. The van der Waals surface area contributed by atoms with Crippen LogP contribution in [0.3, 0.4) is 0 Å². The molecule has 0 aromatic rings. The smallest absolute Gasteiger partial charge is 0.217 e. The van der Waals surface area contributed by atoms with E-state index in [4.69, 9.17) is 18.9 Å². The zero-order chi connectivity index (χ0) is 21.2. The Balaban J connectivity index is 2.26. The van der Waals surface area contributed by atoms with Crippen molar-refractivity contribution in [3.05, 3.63) is 0 Å². The SMILES string of the molecule is CO[C@@H]1C(C(C)=O)OC(O[C@@H]2C(NC(C)=O)[C@H](C)OC(CO)[C@H]2O)[C@@H](O)[C@H]1O. The van der Waals surface area contributed by atoms with Gasteiger partial charge in [0.05, 0.1) is 18.8 Å². The van der Waals surface area contributed by atoms with E-state index in [1.54, 1.807) is 6.92 Å². The minimum atomic E-state index is -1.59. The second kappa shape index (κ2) is 9.55. The van der Waals surface area contributed by atoms with Crippen molar-refractivity contribution in [3.63, 3.8) is 0 Å². The van der Waals surface area contributed by atoms with Crippen LogP contribution in [0.25, 0.3) is 0 Å². The zero-order valence-electron chi connectivity index (χ0n) is 16.2. The Bertz CT molecular complexity index is 560. The molecule has 5 N–H and O–H groups in total. The molecule has 2 saturated heterocycles. The molecule has 11 nitrogen and oxygen atoms in total. The Morgan fingerprint density at radius 3 is 2.18 bits per heavy atom. The number of amides is 1. The monoisotopic (exact) mass is 407 g/mol. The first-order valence-electron chi connectivity index (χ1n) is 9.04. The van der Waals surface area contributed by atoms with E-state index in [1.807, 2.05) is 0 Å². The maximum atomic E-state index is 11.9. The Labute approximate surface area is 162 Å². The van der Waals surface area contributed by atoms with Crippen molar-refractivity contribution in [1.82, 2.24) is 5.32 Å². The summed E-state index contributed by atoms with van der Waals surface area (Å²) < 4.78 is 21.8. The van der Waals surface area contributed by atoms with Crippen LogP contribution in [-0.2, 0) is 28.5 Å². The van der Waals surface area contributed by atoms with Gasteiger partial charge in [-0.2, -0.15) is 0 Å². The number of aliphatic hydroxyl groups is 4.